The van der Waals surface area contributed by atoms with Gasteiger partial charge in [-0.15, -0.1) is 0 Å². The largest absolute Gasteiger partial charge is 0.487 e. The molecule has 1 N–H and O–H groups in total. The smallest absolute Gasteiger partial charge is 0.266 e. The van der Waals surface area contributed by atoms with E-state index in [1.807, 2.05) is 54.6 Å². The van der Waals surface area contributed by atoms with Crippen LogP contribution < -0.4 is 10.1 Å². The van der Waals surface area contributed by atoms with Gasteiger partial charge in [-0.2, -0.15) is 5.26 Å². The Labute approximate surface area is 212 Å². The number of carbonyl (C=O) groups is 1. The summed E-state index contributed by atoms with van der Waals surface area (Å²) in [7, 11) is 0. The molecule has 0 bridgehead atoms. The van der Waals surface area contributed by atoms with Crippen LogP contribution in [-0.2, 0) is 11.4 Å². The van der Waals surface area contributed by atoms with Crippen LogP contribution in [0.15, 0.2) is 93.4 Å². The maximum atomic E-state index is 13.1. The molecule has 4 aromatic carbocycles. The molecule has 0 aromatic heterocycles. The van der Waals surface area contributed by atoms with E-state index in [-0.39, 0.29) is 5.57 Å². The van der Waals surface area contributed by atoms with E-state index >= 15 is 0 Å². The first-order valence-electron chi connectivity index (χ1n) is 10.2. The highest BCUT2D eigenvalue weighted by Gasteiger charge is 2.15. The van der Waals surface area contributed by atoms with Gasteiger partial charge in [0.15, 0.2) is 0 Å². The van der Waals surface area contributed by atoms with E-state index < -0.39 is 11.7 Å². The lowest BCUT2D eigenvalue weighted by Gasteiger charge is -2.14. The number of amides is 1. The summed E-state index contributed by atoms with van der Waals surface area (Å²) in [4.78, 5) is 12.7. The molecule has 4 nitrogen and oxygen atoms in total. The number of nitrogens with one attached hydrogen (secondary N) is 1. The maximum Gasteiger partial charge on any atom is 0.266 e. The molecule has 0 saturated heterocycles. The van der Waals surface area contributed by atoms with Crippen LogP contribution in [0.2, 0.25) is 0 Å². The Morgan fingerprint density at radius 2 is 1.76 bits per heavy atom. The molecule has 0 aliphatic rings. The Morgan fingerprint density at radius 3 is 2.53 bits per heavy atom. The molecule has 1 amide bonds. The highest BCUT2D eigenvalue weighted by atomic mass is 79.9. The summed E-state index contributed by atoms with van der Waals surface area (Å²) < 4.78 is 20.7. The zero-order valence-corrected chi connectivity index (χ0v) is 20.9. The van der Waals surface area contributed by atoms with Crippen molar-refractivity contribution in [2.45, 2.75) is 6.61 Å². The van der Waals surface area contributed by atoms with Crippen molar-refractivity contribution in [1.29, 1.82) is 5.26 Å². The van der Waals surface area contributed by atoms with Gasteiger partial charge < -0.3 is 10.1 Å². The Balaban J connectivity index is 1.63. The van der Waals surface area contributed by atoms with Gasteiger partial charge in [0.25, 0.3) is 5.91 Å². The van der Waals surface area contributed by atoms with Crippen molar-refractivity contribution in [3.8, 4) is 11.8 Å². The van der Waals surface area contributed by atoms with Crippen LogP contribution in [0.3, 0.4) is 0 Å². The standard InChI is InChI=1S/C27H17Br2FN2O2/c28-21-13-19(12-20(15-31)27(33)32-23-10-8-22(30)9-11-23)26(25(29)14-21)34-16-18-6-3-5-17-4-1-2-7-24(17)18/h1-14H,16H2,(H,32,33)/b20-12+. The van der Waals surface area contributed by atoms with Crippen LogP contribution in [0.25, 0.3) is 16.8 Å². The van der Waals surface area contributed by atoms with E-state index in [4.69, 9.17) is 4.74 Å². The molecule has 4 aromatic rings. The predicted octanol–water partition coefficient (Wildman–Crippen LogP) is 7.63. The molecule has 7 heteroatoms. The SMILES string of the molecule is N#C/C(=C\c1cc(Br)cc(Br)c1OCc1cccc2ccccc12)C(=O)Nc1ccc(F)cc1. The second kappa shape index (κ2) is 10.6. The molecule has 168 valence electrons. The first kappa shape index (κ1) is 23.7. The first-order valence-corrected chi connectivity index (χ1v) is 11.8. The van der Waals surface area contributed by atoms with Crippen molar-refractivity contribution in [3.05, 3.63) is 110 Å². The van der Waals surface area contributed by atoms with Crippen LogP contribution in [0.4, 0.5) is 10.1 Å². The highest BCUT2D eigenvalue weighted by molar-refractivity contribution is 9.11. The Kier molecular flexibility index (Phi) is 7.41. The van der Waals surface area contributed by atoms with Crippen molar-refractivity contribution in [1.82, 2.24) is 0 Å². The number of carbonyl (C=O) groups excluding carboxylic acids is 1. The molecular formula is C27H17Br2FN2O2. The fraction of sp³-hybridized carbons (Fsp3) is 0.0370. The van der Waals surface area contributed by atoms with Crippen LogP contribution in [0.5, 0.6) is 5.75 Å². The average Bonchev–Trinajstić information content (AvgIpc) is 2.83. The third-order valence-electron chi connectivity index (χ3n) is 5.06. The van der Waals surface area contributed by atoms with Gasteiger partial charge in [-0.3, -0.25) is 4.79 Å². The zero-order chi connectivity index (χ0) is 24.1. The lowest BCUT2D eigenvalue weighted by Crippen LogP contribution is -2.13. The second-order valence-corrected chi connectivity index (χ2v) is 9.13. The number of halogens is 3. The van der Waals surface area contributed by atoms with E-state index in [0.29, 0.717) is 28.1 Å². The van der Waals surface area contributed by atoms with Crippen LogP contribution >= 0.6 is 31.9 Å². The Bertz CT molecular complexity index is 1440. The summed E-state index contributed by atoms with van der Waals surface area (Å²) in [5, 5.41) is 14.4. The molecule has 0 heterocycles. The average molecular weight is 580 g/mol. The van der Waals surface area contributed by atoms with Gasteiger partial charge in [-0.1, -0.05) is 58.4 Å². The van der Waals surface area contributed by atoms with Crippen molar-refractivity contribution >= 4 is 60.3 Å². The predicted molar refractivity (Wildman–Crippen MR) is 139 cm³/mol. The maximum absolute atomic E-state index is 13.1. The van der Waals surface area contributed by atoms with Crippen LogP contribution in [0.1, 0.15) is 11.1 Å². The molecule has 0 saturated carbocycles. The minimum atomic E-state index is -0.606. The van der Waals surface area contributed by atoms with Gasteiger partial charge in [0.1, 0.15) is 29.8 Å². The molecule has 0 aliphatic carbocycles. The number of nitrogens with zero attached hydrogens (tertiary/aromatic N) is 1. The Morgan fingerprint density at radius 1 is 1.03 bits per heavy atom. The number of fused-ring (bicyclic) bond motifs is 1. The third kappa shape index (κ3) is 5.53. The van der Waals surface area contributed by atoms with Gasteiger partial charge in [0.2, 0.25) is 0 Å². The van der Waals surface area contributed by atoms with Crippen molar-refractivity contribution in [3.63, 3.8) is 0 Å². The molecule has 4 rings (SSSR count). The van der Waals surface area contributed by atoms with Gasteiger partial charge in [0.05, 0.1) is 4.47 Å². The molecule has 0 spiro atoms. The summed E-state index contributed by atoms with van der Waals surface area (Å²) in [6.45, 7) is 0.298. The monoisotopic (exact) mass is 578 g/mol. The molecular weight excluding hydrogens is 563 g/mol. The van der Waals surface area contributed by atoms with Crippen molar-refractivity contribution in [2.24, 2.45) is 0 Å². The number of anilines is 1. The molecule has 0 unspecified atom stereocenters. The summed E-state index contributed by atoms with van der Waals surface area (Å²) in [6, 6.07) is 24.9. The van der Waals surface area contributed by atoms with Crippen LogP contribution in [0, 0.1) is 17.1 Å². The minimum Gasteiger partial charge on any atom is -0.487 e. The highest BCUT2D eigenvalue weighted by Crippen LogP contribution is 2.35. The number of benzene rings is 4. The molecule has 0 aliphatic heterocycles. The molecule has 0 fully saturated rings. The number of nitriles is 1. The molecule has 0 radical (unpaired) electrons. The van der Waals surface area contributed by atoms with Crippen LogP contribution in [-0.4, -0.2) is 5.91 Å². The summed E-state index contributed by atoms with van der Waals surface area (Å²) in [6.07, 6.45) is 1.47. The Hall–Kier alpha value is -3.47. The quantitative estimate of drug-likeness (QED) is 0.189. The minimum absolute atomic E-state index is 0.121. The summed E-state index contributed by atoms with van der Waals surface area (Å²) in [5.74, 6) is -0.523. The topological polar surface area (TPSA) is 62.1 Å². The normalized spacial score (nSPS) is 11.2. The van der Waals surface area contributed by atoms with E-state index in [2.05, 4.69) is 37.2 Å². The molecule has 34 heavy (non-hydrogen) atoms. The van der Waals surface area contributed by atoms with Gasteiger partial charge in [-0.05, 0) is 74.7 Å². The number of hydrogen-bond acceptors (Lipinski definition) is 3. The number of ether oxygens (including phenoxy) is 1. The van der Waals surface area contributed by atoms with E-state index in [0.717, 1.165) is 20.8 Å². The van der Waals surface area contributed by atoms with E-state index in [1.54, 1.807) is 6.07 Å². The molecule has 0 atom stereocenters. The fourth-order valence-electron chi connectivity index (χ4n) is 3.44. The first-order chi connectivity index (χ1) is 16.4. The summed E-state index contributed by atoms with van der Waals surface area (Å²) in [5.41, 5.74) is 1.82. The van der Waals surface area contributed by atoms with E-state index in [9.17, 15) is 14.4 Å². The third-order valence-corrected chi connectivity index (χ3v) is 6.10. The zero-order valence-electron chi connectivity index (χ0n) is 17.7. The van der Waals surface area contributed by atoms with Crippen molar-refractivity contribution < 1.29 is 13.9 Å². The lowest BCUT2D eigenvalue weighted by molar-refractivity contribution is -0.112. The number of hydrogen-bond donors (Lipinski definition) is 1. The van der Waals surface area contributed by atoms with E-state index in [1.165, 1.54) is 30.3 Å². The number of rotatable bonds is 6. The second-order valence-electron chi connectivity index (χ2n) is 7.36. The van der Waals surface area contributed by atoms with Crippen molar-refractivity contribution in [2.75, 3.05) is 5.32 Å². The van der Waals surface area contributed by atoms with Gasteiger partial charge in [-0.25, -0.2) is 4.39 Å². The van der Waals surface area contributed by atoms with Gasteiger partial charge >= 0.3 is 0 Å². The summed E-state index contributed by atoms with van der Waals surface area (Å²) >= 11 is 6.98. The fourth-order valence-corrected chi connectivity index (χ4v) is 4.82. The van der Waals surface area contributed by atoms with Gasteiger partial charge in [0, 0.05) is 15.7 Å². The lowest BCUT2D eigenvalue weighted by atomic mass is 10.1.